The molecule has 2 unspecified atom stereocenters. The Morgan fingerprint density at radius 2 is 1.67 bits per heavy atom. The van der Waals surface area contributed by atoms with Crippen molar-refractivity contribution in [1.29, 1.82) is 0 Å². The topological polar surface area (TPSA) is 137 Å². The number of carbonyl (C=O) groups is 4. The summed E-state index contributed by atoms with van der Waals surface area (Å²) < 4.78 is 24.4. The first kappa shape index (κ1) is 38.3. The third-order valence-corrected chi connectivity index (χ3v) is 9.18. The van der Waals surface area contributed by atoms with E-state index in [9.17, 15) is 24.3 Å². The van der Waals surface area contributed by atoms with Crippen LogP contribution in [0.25, 0.3) is 0 Å². The highest BCUT2D eigenvalue weighted by Crippen LogP contribution is 2.37. The van der Waals surface area contributed by atoms with Crippen LogP contribution in [-0.4, -0.2) is 72.6 Å². The van der Waals surface area contributed by atoms with Gasteiger partial charge in [0.05, 0.1) is 12.2 Å². The molecule has 3 aliphatic rings. The van der Waals surface area contributed by atoms with E-state index in [0.717, 1.165) is 64.2 Å². The van der Waals surface area contributed by atoms with Gasteiger partial charge in [-0.25, -0.2) is 4.79 Å². The number of aliphatic carboxylic acids is 1. The predicted octanol–water partition coefficient (Wildman–Crippen LogP) is 6.29. The first-order valence-corrected chi connectivity index (χ1v) is 17.9. The lowest BCUT2D eigenvalue weighted by Gasteiger charge is -2.29. The van der Waals surface area contributed by atoms with E-state index < -0.39 is 17.9 Å². The number of unbranched alkanes of at least 4 members (excludes halogenated alkanes) is 3. The number of rotatable bonds is 21. The lowest BCUT2D eigenvalue weighted by atomic mass is 9.87. The van der Waals surface area contributed by atoms with E-state index in [2.05, 4.69) is 24.4 Å². The van der Waals surface area contributed by atoms with Gasteiger partial charge in [-0.05, 0) is 70.1 Å². The molecule has 2 N–H and O–H groups in total. The first-order chi connectivity index (χ1) is 22.2. The molecule has 0 radical (unpaired) electrons. The molecule has 3 fully saturated rings. The smallest absolute Gasteiger partial charge is 0.326 e. The van der Waals surface area contributed by atoms with Crippen LogP contribution in [-0.2, 0) is 38.1 Å². The van der Waals surface area contributed by atoms with Crippen molar-refractivity contribution in [2.45, 2.75) is 161 Å². The van der Waals surface area contributed by atoms with E-state index in [0.29, 0.717) is 32.5 Å². The molecule has 0 aromatic carbocycles. The summed E-state index contributed by atoms with van der Waals surface area (Å²) in [5.74, 6) is -1.94. The molecular weight excluding hydrogens is 590 g/mol. The first-order valence-electron chi connectivity index (χ1n) is 17.9. The minimum absolute atomic E-state index is 0.0127. The zero-order valence-corrected chi connectivity index (χ0v) is 28.4. The maximum Gasteiger partial charge on any atom is 0.326 e. The summed E-state index contributed by atoms with van der Waals surface area (Å²) in [6.45, 7) is 7.35. The second-order valence-corrected chi connectivity index (χ2v) is 13.7. The van der Waals surface area contributed by atoms with E-state index in [1.807, 2.05) is 13.8 Å². The molecule has 262 valence electrons. The van der Waals surface area contributed by atoms with Crippen molar-refractivity contribution >= 4 is 23.4 Å². The van der Waals surface area contributed by atoms with E-state index in [1.165, 1.54) is 0 Å². The number of Topliss-reactive ketones (excluding diaryl/α,β-unsaturated/α-hetero) is 2. The summed E-state index contributed by atoms with van der Waals surface area (Å²) in [5.41, 5.74) is 0. The van der Waals surface area contributed by atoms with E-state index in [4.69, 9.17) is 18.9 Å². The Morgan fingerprint density at radius 1 is 0.978 bits per heavy atom. The Kier molecular flexibility index (Phi) is 17.5. The third-order valence-electron chi connectivity index (χ3n) is 9.18. The molecule has 0 spiro atoms. The van der Waals surface area contributed by atoms with Gasteiger partial charge in [0.15, 0.2) is 12.6 Å². The number of nitrogens with one attached hydrogen (secondary N) is 1. The summed E-state index contributed by atoms with van der Waals surface area (Å²) in [5, 5.41) is 12.0. The summed E-state index contributed by atoms with van der Waals surface area (Å²) >= 11 is 0. The summed E-state index contributed by atoms with van der Waals surface area (Å²) in [4.78, 5) is 50.3. The monoisotopic (exact) mass is 649 g/mol. The van der Waals surface area contributed by atoms with Gasteiger partial charge < -0.3 is 29.4 Å². The molecule has 2 saturated heterocycles. The van der Waals surface area contributed by atoms with Gasteiger partial charge in [0, 0.05) is 50.7 Å². The van der Waals surface area contributed by atoms with Crippen LogP contribution >= 0.6 is 0 Å². The van der Waals surface area contributed by atoms with Gasteiger partial charge in [0.2, 0.25) is 5.91 Å². The van der Waals surface area contributed by atoms with Crippen molar-refractivity contribution in [2.24, 2.45) is 17.8 Å². The molecule has 0 aromatic rings. The third kappa shape index (κ3) is 13.9. The molecule has 1 amide bonds. The van der Waals surface area contributed by atoms with Crippen molar-refractivity contribution in [2.75, 3.05) is 13.2 Å². The Bertz CT molecular complexity index is 971. The van der Waals surface area contributed by atoms with Gasteiger partial charge in [0.1, 0.15) is 17.6 Å². The quantitative estimate of drug-likeness (QED) is 0.109. The van der Waals surface area contributed by atoms with Gasteiger partial charge >= 0.3 is 5.97 Å². The SMILES string of the molecule is CCCCC[C@H](/C=C/[C@H]1[C@H](OC2CCCCO2)CC(=O)[C@@H]1CC(=O)CCCCC(=O)N[C@@H](CC(C)C)C(=O)O)OC1CCCCO1. The number of carboxylic acid groups (broad SMARTS) is 1. The maximum atomic E-state index is 13.3. The van der Waals surface area contributed by atoms with Crippen molar-refractivity contribution in [3.8, 4) is 0 Å². The van der Waals surface area contributed by atoms with Crippen LogP contribution < -0.4 is 5.32 Å². The van der Waals surface area contributed by atoms with Crippen molar-refractivity contribution in [3.63, 3.8) is 0 Å². The van der Waals surface area contributed by atoms with Crippen LogP contribution in [0.2, 0.25) is 0 Å². The van der Waals surface area contributed by atoms with E-state index in [1.54, 1.807) is 0 Å². The molecule has 10 nitrogen and oxygen atoms in total. The van der Waals surface area contributed by atoms with Crippen molar-refractivity contribution < 1.29 is 43.2 Å². The summed E-state index contributed by atoms with van der Waals surface area (Å²) in [6, 6.07) is -0.909. The number of ketones is 2. The number of hydrogen-bond acceptors (Lipinski definition) is 8. The molecule has 7 atom stereocenters. The molecular formula is C36H59NO9. The van der Waals surface area contributed by atoms with Gasteiger partial charge in [-0.3, -0.25) is 14.4 Å². The van der Waals surface area contributed by atoms with Crippen LogP contribution in [0.4, 0.5) is 0 Å². The molecule has 10 heteroatoms. The van der Waals surface area contributed by atoms with Crippen LogP contribution in [0.15, 0.2) is 12.2 Å². The lowest BCUT2D eigenvalue weighted by Crippen LogP contribution is -2.41. The minimum atomic E-state index is -1.04. The van der Waals surface area contributed by atoms with Crippen LogP contribution in [0, 0.1) is 17.8 Å². The van der Waals surface area contributed by atoms with Gasteiger partial charge in [-0.1, -0.05) is 52.2 Å². The fraction of sp³-hybridized carbons (Fsp3) is 0.833. The van der Waals surface area contributed by atoms with Gasteiger partial charge in [-0.2, -0.15) is 0 Å². The highest BCUT2D eigenvalue weighted by atomic mass is 16.7. The second-order valence-electron chi connectivity index (χ2n) is 13.7. The highest BCUT2D eigenvalue weighted by molar-refractivity contribution is 5.90. The zero-order chi connectivity index (χ0) is 33.3. The number of amides is 1. The van der Waals surface area contributed by atoms with Crippen LogP contribution in [0.1, 0.15) is 130 Å². The Morgan fingerprint density at radius 3 is 2.30 bits per heavy atom. The molecule has 2 heterocycles. The zero-order valence-electron chi connectivity index (χ0n) is 28.4. The normalized spacial score (nSPS) is 26.8. The fourth-order valence-corrected chi connectivity index (χ4v) is 6.61. The molecule has 1 aliphatic carbocycles. The maximum absolute atomic E-state index is 13.3. The molecule has 2 aliphatic heterocycles. The van der Waals surface area contributed by atoms with Gasteiger partial charge in [0.25, 0.3) is 0 Å². The van der Waals surface area contributed by atoms with Crippen molar-refractivity contribution in [3.05, 3.63) is 12.2 Å². The predicted molar refractivity (Wildman–Crippen MR) is 174 cm³/mol. The minimum Gasteiger partial charge on any atom is -0.480 e. The van der Waals surface area contributed by atoms with Gasteiger partial charge in [-0.15, -0.1) is 0 Å². The molecule has 0 aromatic heterocycles. The number of carboxylic acids is 1. The molecule has 1 saturated carbocycles. The Labute approximate surface area is 275 Å². The molecule has 0 bridgehead atoms. The molecule has 46 heavy (non-hydrogen) atoms. The van der Waals surface area contributed by atoms with Crippen LogP contribution in [0.3, 0.4) is 0 Å². The average Bonchev–Trinajstić information content (AvgIpc) is 3.31. The summed E-state index contributed by atoms with van der Waals surface area (Å²) in [7, 11) is 0. The number of hydrogen-bond donors (Lipinski definition) is 2. The second kappa shape index (κ2) is 21.0. The lowest BCUT2D eigenvalue weighted by molar-refractivity contribution is -0.192. The average molecular weight is 650 g/mol. The summed E-state index contributed by atoms with van der Waals surface area (Å²) in [6.07, 6.45) is 15.2. The highest BCUT2D eigenvalue weighted by Gasteiger charge is 2.43. The molecule has 3 rings (SSSR count). The van der Waals surface area contributed by atoms with Crippen LogP contribution in [0.5, 0.6) is 0 Å². The standard InChI is InChI=1S/C36H59NO9/c1-4-5-6-14-27(45-34-16-9-11-20-43-34)18-19-28-29(31(39)24-32(28)46-35-17-10-12-21-44-35)23-26(38)13-7-8-15-33(40)37-30(36(41)42)22-25(2)3/h18-19,25,27-30,32,34-35H,4-17,20-24H2,1-3H3,(H,37,40)(H,41,42)/b19-18+/t27-,28-,29-,30+,32-,34?,35?/m1/s1. The Balaban J connectivity index is 1.60. The van der Waals surface area contributed by atoms with E-state index >= 15 is 0 Å². The Hall–Kier alpha value is -2.14. The number of ether oxygens (including phenoxy) is 4. The largest absolute Gasteiger partial charge is 0.480 e. The van der Waals surface area contributed by atoms with E-state index in [-0.39, 0.29) is 79.8 Å². The van der Waals surface area contributed by atoms with Crippen molar-refractivity contribution in [1.82, 2.24) is 5.32 Å². The number of carbonyl (C=O) groups excluding carboxylic acids is 3. The fourth-order valence-electron chi connectivity index (χ4n) is 6.61.